The quantitative estimate of drug-likeness (QED) is 0.743. The number of nitrogens with one attached hydrogen (secondary N) is 2. The minimum absolute atomic E-state index is 0.0805. The fourth-order valence-corrected chi connectivity index (χ4v) is 6.40. The first-order valence-electron chi connectivity index (χ1n) is 8.92. The molecule has 5 rings (SSSR count). The van der Waals surface area contributed by atoms with E-state index in [2.05, 4.69) is 31.5 Å². The summed E-state index contributed by atoms with van der Waals surface area (Å²) in [5.41, 5.74) is 1.56. The highest BCUT2D eigenvalue weighted by Crippen LogP contribution is 2.55. The molecule has 0 aromatic heterocycles. The van der Waals surface area contributed by atoms with E-state index in [1.807, 2.05) is 60.3 Å². The van der Waals surface area contributed by atoms with E-state index in [0.29, 0.717) is 6.42 Å². The highest BCUT2D eigenvalue weighted by molar-refractivity contribution is 9.10. The molecule has 3 aliphatic rings. The minimum atomic E-state index is -0.916. The van der Waals surface area contributed by atoms with Crippen LogP contribution in [0.5, 0.6) is 0 Å². The van der Waals surface area contributed by atoms with Gasteiger partial charge in [0.25, 0.3) is 0 Å². The molecule has 0 unspecified atom stereocenters. The molecular weight excluding hydrogens is 426 g/mol. The molecule has 5 nitrogen and oxygen atoms in total. The largest absolute Gasteiger partial charge is 0.326 e. The Morgan fingerprint density at radius 1 is 1.26 bits per heavy atom. The number of hydrogen-bond acceptors (Lipinski definition) is 4. The fraction of sp³-hybridized carbons (Fsp3) is 0.300. The Hall–Kier alpha value is -1.83. The summed E-state index contributed by atoms with van der Waals surface area (Å²) < 4.78 is 0.905. The molecule has 138 valence electrons. The van der Waals surface area contributed by atoms with Gasteiger partial charge in [0.1, 0.15) is 5.54 Å². The molecule has 2 N–H and O–H groups in total. The lowest BCUT2D eigenvalue weighted by molar-refractivity contribution is -0.134. The van der Waals surface area contributed by atoms with Gasteiger partial charge in [-0.2, -0.15) is 0 Å². The van der Waals surface area contributed by atoms with Crippen LogP contribution in [0.1, 0.15) is 12.0 Å². The third kappa shape index (κ3) is 2.48. The molecule has 0 radical (unpaired) electrons. The lowest BCUT2D eigenvalue weighted by atomic mass is 9.79. The second-order valence-corrected chi connectivity index (χ2v) is 9.09. The van der Waals surface area contributed by atoms with Crippen molar-refractivity contribution in [3.63, 3.8) is 0 Å². The third-order valence-corrected chi connectivity index (χ3v) is 7.36. The van der Waals surface area contributed by atoms with Crippen molar-refractivity contribution in [2.75, 3.05) is 22.3 Å². The highest BCUT2D eigenvalue weighted by atomic mass is 79.9. The maximum absolute atomic E-state index is 13.3. The number of anilines is 2. The van der Waals surface area contributed by atoms with Crippen molar-refractivity contribution >= 4 is 50.9 Å². The summed E-state index contributed by atoms with van der Waals surface area (Å²) in [4.78, 5) is 28.8. The van der Waals surface area contributed by atoms with Crippen LogP contribution in [0.3, 0.4) is 0 Å². The van der Waals surface area contributed by atoms with Gasteiger partial charge in [-0.05, 0) is 30.7 Å². The maximum Gasteiger partial charge on any atom is 0.250 e. The van der Waals surface area contributed by atoms with Gasteiger partial charge in [0.05, 0.1) is 5.92 Å². The van der Waals surface area contributed by atoms with Gasteiger partial charge >= 0.3 is 0 Å². The number of nitrogens with zero attached hydrogens (tertiary/aromatic N) is 1. The topological polar surface area (TPSA) is 61.4 Å². The Morgan fingerprint density at radius 3 is 2.96 bits per heavy atom. The number of fused-ring (bicyclic) bond motifs is 4. The Labute approximate surface area is 170 Å². The number of rotatable bonds is 2. The molecule has 3 aliphatic heterocycles. The highest BCUT2D eigenvalue weighted by Gasteiger charge is 2.65. The Bertz CT molecular complexity index is 952. The molecule has 3 heterocycles. The Balaban J connectivity index is 1.57. The molecule has 2 amide bonds. The first-order valence-corrected chi connectivity index (χ1v) is 10.9. The number of amides is 2. The molecule has 0 aliphatic carbocycles. The second kappa shape index (κ2) is 6.36. The van der Waals surface area contributed by atoms with E-state index in [1.54, 1.807) is 0 Å². The number of hydrogen-bond donors (Lipinski definition) is 2. The van der Waals surface area contributed by atoms with E-state index in [1.165, 1.54) is 0 Å². The lowest BCUT2D eigenvalue weighted by Crippen LogP contribution is -2.53. The van der Waals surface area contributed by atoms with Gasteiger partial charge in [-0.15, -0.1) is 11.8 Å². The van der Waals surface area contributed by atoms with Crippen molar-refractivity contribution in [2.45, 2.75) is 18.0 Å². The van der Waals surface area contributed by atoms with Crippen LogP contribution in [-0.2, 0) is 15.1 Å². The maximum atomic E-state index is 13.3. The first-order chi connectivity index (χ1) is 13.1. The van der Waals surface area contributed by atoms with Crippen molar-refractivity contribution < 1.29 is 9.59 Å². The standard InChI is InChI=1S/C20H18BrN3O2S/c21-12-4-3-5-13(8-12)22-18(25)16-9-14-10-27-11-24(14)20(16)15-6-1-2-7-17(15)23-19(20)26/h1-8,14,16H,9-11H2,(H,22,25)(H,23,26)/t14-,16-,20+/m0/s1. The van der Waals surface area contributed by atoms with E-state index < -0.39 is 11.5 Å². The summed E-state index contributed by atoms with van der Waals surface area (Å²) in [6.07, 6.45) is 0.689. The molecule has 1 spiro atoms. The number of thioether (sulfide) groups is 1. The van der Waals surface area contributed by atoms with E-state index >= 15 is 0 Å². The zero-order valence-electron chi connectivity index (χ0n) is 14.4. The summed E-state index contributed by atoms with van der Waals surface area (Å²) in [5.74, 6) is 1.12. The average molecular weight is 444 g/mol. The zero-order chi connectivity index (χ0) is 18.6. The summed E-state index contributed by atoms with van der Waals surface area (Å²) in [5, 5.41) is 6.06. The van der Waals surface area contributed by atoms with Gasteiger partial charge in [0.15, 0.2) is 0 Å². The van der Waals surface area contributed by atoms with Crippen molar-refractivity contribution in [1.82, 2.24) is 4.90 Å². The molecular formula is C20H18BrN3O2S. The van der Waals surface area contributed by atoms with Crippen molar-refractivity contribution in [3.8, 4) is 0 Å². The van der Waals surface area contributed by atoms with Crippen LogP contribution >= 0.6 is 27.7 Å². The van der Waals surface area contributed by atoms with Gasteiger partial charge in [-0.3, -0.25) is 14.5 Å². The lowest BCUT2D eigenvalue weighted by Gasteiger charge is -2.36. The van der Waals surface area contributed by atoms with Gasteiger partial charge < -0.3 is 10.6 Å². The van der Waals surface area contributed by atoms with Crippen LogP contribution in [0.15, 0.2) is 53.0 Å². The Kier molecular flexibility index (Phi) is 4.07. The van der Waals surface area contributed by atoms with E-state index in [-0.39, 0.29) is 17.9 Å². The molecule has 7 heteroatoms. The van der Waals surface area contributed by atoms with E-state index in [9.17, 15) is 9.59 Å². The molecule has 0 saturated carbocycles. The normalized spacial score (nSPS) is 28.9. The monoisotopic (exact) mass is 443 g/mol. The zero-order valence-corrected chi connectivity index (χ0v) is 16.8. The van der Waals surface area contributed by atoms with Crippen molar-refractivity contribution in [3.05, 3.63) is 58.6 Å². The summed E-state index contributed by atoms with van der Waals surface area (Å²) >= 11 is 5.27. The molecule has 0 bridgehead atoms. The summed E-state index contributed by atoms with van der Waals surface area (Å²) in [6.45, 7) is 0. The van der Waals surface area contributed by atoms with Crippen molar-refractivity contribution in [2.24, 2.45) is 5.92 Å². The molecule has 2 aromatic rings. The third-order valence-electron chi connectivity index (χ3n) is 5.79. The van der Waals surface area contributed by atoms with Crippen molar-refractivity contribution in [1.29, 1.82) is 0 Å². The number of carbonyl (C=O) groups excluding carboxylic acids is 2. The van der Waals surface area contributed by atoms with E-state index in [0.717, 1.165) is 33.0 Å². The van der Waals surface area contributed by atoms with Gasteiger partial charge in [-0.25, -0.2) is 0 Å². The van der Waals surface area contributed by atoms with Gasteiger partial charge in [0.2, 0.25) is 11.8 Å². The van der Waals surface area contributed by atoms with Crippen LogP contribution in [0.25, 0.3) is 0 Å². The molecule has 27 heavy (non-hydrogen) atoms. The second-order valence-electron chi connectivity index (χ2n) is 7.18. The molecule has 2 aromatic carbocycles. The Morgan fingerprint density at radius 2 is 2.11 bits per heavy atom. The van der Waals surface area contributed by atoms with Crippen LogP contribution in [0.2, 0.25) is 0 Å². The summed E-state index contributed by atoms with van der Waals surface area (Å²) in [7, 11) is 0. The van der Waals surface area contributed by atoms with E-state index in [4.69, 9.17) is 0 Å². The predicted octanol–water partition coefficient (Wildman–Crippen LogP) is 3.63. The molecule has 3 atom stereocenters. The van der Waals surface area contributed by atoms with Crippen LogP contribution in [0, 0.1) is 5.92 Å². The smallest absolute Gasteiger partial charge is 0.250 e. The molecule has 2 fully saturated rings. The summed E-state index contributed by atoms with van der Waals surface area (Å²) in [6, 6.07) is 15.5. The van der Waals surface area contributed by atoms with Crippen LogP contribution in [0.4, 0.5) is 11.4 Å². The molecule has 2 saturated heterocycles. The van der Waals surface area contributed by atoms with Crippen LogP contribution in [-0.4, -0.2) is 34.4 Å². The van der Waals surface area contributed by atoms with Gasteiger partial charge in [-0.1, -0.05) is 40.2 Å². The number of para-hydroxylation sites is 1. The van der Waals surface area contributed by atoms with Crippen LogP contribution < -0.4 is 10.6 Å². The van der Waals surface area contributed by atoms with Gasteiger partial charge in [0, 0.05) is 39.1 Å². The first kappa shape index (κ1) is 17.3. The number of halogens is 1. The average Bonchev–Trinajstić information content (AvgIpc) is 3.30. The predicted molar refractivity (Wildman–Crippen MR) is 111 cm³/mol. The SMILES string of the molecule is O=C(Nc1cccc(Br)c1)[C@@H]1C[C@H]2CSCN2[C@@]12C(=O)Nc1ccccc12. The number of carbonyl (C=O) groups is 2. The minimum Gasteiger partial charge on any atom is -0.326 e. The number of benzene rings is 2. The fourth-order valence-electron chi connectivity index (χ4n) is 4.70.